The third-order valence-corrected chi connectivity index (χ3v) is 7.25. The Morgan fingerprint density at radius 1 is 1.06 bits per heavy atom. The van der Waals surface area contributed by atoms with E-state index in [0.29, 0.717) is 0 Å². The van der Waals surface area contributed by atoms with Crippen LogP contribution in [-0.4, -0.2) is 25.4 Å². The van der Waals surface area contributed by atoms with Crippen LogP contribution in [-0.2, 0) is 0 Å². The summed E-state index contributed by atoms with van der Waals surface area (Å²) in [4.78, 5) is 4.58. The summed E-state index contributed by atoms with van der Waals surface area (Å²) in [5.41, 5.74) is 2.10. The molecule has 0 aliphatic heterocycles. The monoisotopic (exact) mass is 303 g/mol. The summed E-state index contributed by atoms with van der Waals surface area (Å²) in [5, 5.41) is 0. The average molecular weight is 302 g/mol. The van der Waals surface area contributed by atoms with Crippen molar-refractivity contribution >= 4 is 17.7 Å². The van der Waals surface area contributed by atoms with Crippen molar-refractivity contribution in [2.75, 3.05) is 7.11 Å². The first-order valence-corrected chi connectivity index (χ1v) is 13.5. The molecule has 0 amide bonds. The first kappa shape index (κ1) is 13.2. The molecule has 1 heterocycles. The van der Waals surface area contributed by atoms with E-state index in [-0.39, 0.29) is 0 Å². The molecule has 0 atom stereocenters. The van der Waals surface area contributed by atoms with Gasteiger partial charge in [-0.1, -0.05) is 0 Å². The van der Waals surface area contributed by atoms with E-state index in [9.17, 15) is 0 Å². The van der Waals surface area contributed by atoms with E-state index in [1.807, 2.05) is 24.4 Å². The Labute approximate surface area is 111 Å². The molecule has 0 N–H and O–H groups in total. The fourth-order valence-corrected chi connectivity index (χ4v) is 3.96. The number of methoxy groups -OCH3 is 1. The van der Waals surface area contributed by atoms with Gasteiger partial charge in [0, 0.05) is 0 Å². The molecule has 0 unspecified atom stereocenters. The predicted molar refractivity (Wildman–Crippen MR) is 79.2 cm³/mol. The molecule has 18 heavy (non-hydrogen) atoms. The van der Waals surface area contributed by atoms with E-state index in [4.69, 9.17) is 4.74 Å². The zero-order chi connectivity index (χ0) is 13.2. The van der Waals surface area contributed by atoms with Crippen molar-refractivity contribution in [2.24, 2.45) is 0 Å². The van der Waals surface area contributed by atoms with Crippen LogP contribution >= 0.6 is 0 Å². The number of hydrogen-bond acceptors (Lipinski definition) is 2. The Morgan fingerprint density at radius 2 is 1.83 bits per heavy atom. The topological polar surface area (TPSA) is 22.1 Å². The van der Waals surface area contributed by atoms with E-state index >= 15 is 0 Å². The van der Waals surface area contributed by atoms with Crippen LogP contribution in [0.25, 0.3) is 11.3 Å². The average Bonchev–Trinajstić information content (AvgIpc) is 2.38. The predicted octanol–water partition coefficient (Wildman–Crippen LogP) is 3.30. The molecule has 94 valence electrons. The zero-order valence-electron chi connectivity index (χ0n) is 11.4. The van der Waals surface area contributed by atoms with Crippen LogP contribution in [0.5, 0.6) is 5.75 Å². The van der Waals surface area contributed by atoms with Crippen LogP contribution in [0, 0.1) is 0 Å². The van der Waals surface area contributed by atoms with Crippen molar-refractivity contribution in [1.82, 2.24) is 4.98 Å². The van der Waals surface area contributed by atoms with Gasteiger partial charge in [0.1, 0.15) is 0 Å². The maximum atomic E-state index is 5.24. The summed E-state index contributed by atoms with van der Waals surface area (Å²) in [5.74, 6) is 8.00. The molecule has 3 heteroatoms. The molecular weight excluding hydrogens is 283 g/mol. The second-order valence-corrected chi connectivity index (χ2v) is 16.1. The molecule has 1 aromatic heterocycles. The standard InChI is InChI=1S/C15H19GeNO/c1-16(2,3)13-8-9-15(17-11-13)12-6-5-7-14(10-12)18-4/h5-11H,1-4H3. The molecule has 2 nitrogen and oxygen atoms in total. The third-order valence-electron chi connectivity index (χ3n) is 3.00. The van der Waals surface area contributed by atoms with Gasteiger partial charge >= 0.3 is 111 Å². The summed E-state index contributed by atoms with van der Waals surface area (Å²) in [6, 6.07) is 12.3. The SMILES string of the molecule is COc1cccc(-c2cc[c]([Ge]([CH3])([CH3])[CH3])cn2)c1. The van der Waals surface area contributed by atoms with Gasteiger partial charge in [0.25, 0.3) is 0 Å². The Hall–Kier alpha value is -1.29. The Kier molecular flexibility index (Phi) is 3.76. The number of pyridine rings is 1. The Balaban J connectivity index is 2.34. The fourth-order valence-electron chi connectivity index (χ4n) is 1.79. The molecule has 2 aromatic rings. The van der Waals surface area contributed by atoms with Crippen LogP contribution in [0.15, 0.2) is 42.6 Å². The number of aromatic nitrogens is 1. The molecule has 0 spiro atoms. The number of benzene rings is 1. The first-order valence-electron chi connectivity index (χ1n) is 6.11. The van der Waals surface area contributed by atoms with Crippen molar-refractivity contribution in [2.45, 2.75) is 17.3 Å². The van der Waals surface area contributed by atoms with Crippen molar-refractivity contribution in [3.63, 3.8) is 0 Å². The summed E-state index contributed by atoms with van der Waals surface area (Å²) in [6.45, 7) is 0. The Morgan fingerprint density at radius 3 is 2.39 bits per heavy atom. The van der Waals surface area contributed by atoms with Gasteiger partial charge in [0.05, 0.1) is 0 Å². The molecule has 0 saturated carbocycles. The number of hydrogen-bond donors (Lipinski definition) is 0. The van der Waals surface area contributed by atoms with Crippen molar-refractivity contribution in [3.8, 4) is 17.0 Å². The summed E-state index contributed by atoms with van der Waals surface area (Å²) < 4.78 is 6.67. The van der Waals surface area contributed by atoms with E-state index in [1.165, 1.54) is 4.40 Å². The molecule has 0 bridgehead atoms. The minimum absolute atomic E-state index is 0.867. The molecule has 0 saturated heterocycles. The van der Waals surface area contributed by atoms with Gasteiger partial charge in [-0.15, -0.1) is 0 Å². The Bertz CT molecular complexity index is 529. The summed E-state index contributed by atoms with van der Waals surface area (Å²) >= 11 is -1.75. The molecule has 2 rings (SSSR count). The zero-order valence-corrected chi connectivity index (χ0v) is 13.5. The molecule has 0 aliphatic rings. The molecular formula is C15H19GeNO. The van der Waals surface area contributed by atoms with Gasteiger partial charge in [-0.3, -0.25) is 0 Å². The quantitative estimate of drug-likeness (QED) is 0.812. The van der Waals surface area contributed by atoms with Crippen molar-refractivity contribution in [1.29, 1.82) is 0 Å². The van der Waals surface area contributed by atoms with Crippen molar-refractivity contribution in [3.05, 3.63) is 42.6 Å². The molecule has 0 radical (unpaired) electrons. The molecule has 0 aliphatic carbocycles. The van der Waals surface area contributed by atoms with Gasteiger partial charge < -0.3 is 0 Å². The van der Waals surface area contributed by atoms with Gasteiger partial charge in [0.2, 0.25) is 0 Å². The first-order chi connectivity index (χ1) is 8.50. The van der Waals surface area contributed by atoms with Gasteiger partial charge in [0.15, 0.2) is 0 Å². The molecule has 0 fully saturated rings. The maximum absolute atomic E-state index is 5.24. The second-order valence-electron chi connectivity index (χ2n) is 5.41. The van der Waals surface area contributed by atoms with Crippen molar-refractivity contribution < 1.29 is 4.74 Å². The van der Waals surface area contributed by atoms with E-state index < -0.39 is 13.3 Å². The van der Waals surface area contributed by atoms with Crippen LogP contribution in [0.1, 0.15) is 0 Å². The van der Waals surface area contributed by atoms with Crippen LogP contribution in [0.3, 0.4) is 0 Å². The van der Waals surface area contributed by atoms with Gasteiger partial charge in [-0.2, -0.15) is 0 Å². The summed E-state index contributed by atoms with van der Waals surface area (Å²) in [6.07, 6.45) is 2.04. The number of nitrogens with zero attached hydrogens (tertiary/aromatic N) is 1. The number of ether oxygens (including phenoxy) is 1. The molecule has 1 aromatic carbocycles. The van der Waals surface area contributed by atoms with E-state index in [0.717, 1.165) is 17.0 Å². The van der Waals surface area contributed by atoms with Crippen LogP contribution < -0.4 is 9.13 Å². The summed E-state index contributed by atoms with van der Waals surface area (Å²) in [7, 11) is 1.68. The fraction of sp³-hybridized carbons (Fsp3) is 0.267. The number of rotatable bonds is 3. The van der Waals surface area contributed by atoms with Gasteiger partial charge in [-0.05, 0) is 0 Å². The normalized spacial score (nSPS) is 11.3. The van der Waals surface area contributed by atoms with E-state index in [1.54, 1.807) is 7.11 Å². The van der Waals surface area contributed by atoms with Gasteiger partial charge in [-0.25, -0.2) is 0 Å². The van der Waals surface area contributed by atoms with Crippen LogP contribution in [0.4, 0.5) is 0 Å². The van der Waals surface area contributed by atoms with Crippen LogP contribution in [0.2, 0.25) is 17.3 Å². The van der Waals surface area contributed by atoms with E-state index in [2.05, 4.69) is 40.5 Å². The third kappa shape index (κ3) is 2.93. The minimum atomic E-state index is -1.75. The second kappa shape index (κ2) is 5.14.